The smallest absolute Gasteiger partial charge is 0.309 e. The van der Waals surface area contributed by atoms with Gasteiger partial charge in [-0.1, -0.05) is 24.3 Å². The Labute approximate surface area is 108 Å². The topological polar surface area (TPSA) is 71.4 Å². The van der Waals surface area contributed by atoms with Crippen molar-refractivity contribution in [1.29, 1.82) is 0 Å². The SMILES string of the molecule is CC(C)(Cc1ccc(CS(C)(=O)=O)cc1)C(=O)O. The lowest BCUT2D eigenvalue weighted by atomic mass is 9.86. The van der Waals surface area contributed by atoms with Gasteiger partial charge < -0.3 is 5.11 Å². The molecule has 1 aromatic carbocycles. The fourth-order valence-electron chi connectivity index (χ4n) is 1.64. The van der Waals surface area contributed by atoms with E-state index in [9.17, 15) is 13.2 Å². The maximum Gasteiger partial charge on any atom is 0.309 e. The number of carboxylic acid groups (broad SMARTS) is 1. The van der Waals surface area contributed by atoms with Crippen molar-refractivity contribution in [1.82, 2.24) is 0 Å². The van der Waals surface area contributed by atoms with Crippen LogP contribution in [0, 0.1) is 5.41 Å². The molecular weight excluding hydrogens is 252 g/mol. The number of hydrogen-bond donors (Lipinski definition) is 1. The number of hydrogen-bond acceptors (Lipinski definition) is 3. The van der Waals surface area contributed by atoms with Gasteiger partial charge in [-0.2, -0.15) is 0 Å². The number of carbonyl (C=O) groups is 1. The maximum absolute atomic E-state index is 11.1. The largest absolute Gasteiger partial charge is 0.481 e. The van der Waals surface area contributed by atoms with Crippen LogP contribution in [0.4, 0.5) is 0 Å². The van der Waals surface area contributed by atoms with Crippen molar-refractivity contribution in [2.45, 2.75) is 26.0 Å². The van der Waals surface area contributed by atoms with Crippen LogP contribution in [0.2, 0.25) is 0 Å². The van der Waals surface area contributed by atoms with Crippen molar-refractivity contribution in [2.24, 2.45) is 5.41 Å². The Morgan fingerprint density at radius 2 is 1.61 bits per heavy atom. The molecule has 5 heteroatoms. The van der Waals surface area contributed by atoms with Crippen LogP contribution in [0.15, 0.2) is 24.3 Å². The van der Waals surface area contributed by atoms with Crippen molar-refractivity contribution in [2.75, 3.05) is 6.26 Å². The summed E-state index contributed by atoms with van der Waals surface area (Å²) in [4.78, 5) is 11.0. The zero-order chi connectivity index (χ0) is 14.0. The molecule has 0 aliphatic heterocycles. The fourth-order valence-corrected chi connectivity index (χ4v) is 2.44. The average Bonchev–Trinajstić information content (AvgIpc) is 2.18. The first-order valence-electron chi connectivity index (χ1n) is 5.59. The number of sulfone groups is 1. The van der Waals surface area contributed by atoms with Gasteiger partial charge in [0.2, 0.25) is 0 Å². The molecule has 0 fully saturated rings. The van der Waals surface area contributed by atoms with Gasteiger partial charge in [0.15, 0.2) is 9.84 Å². The first-order valence-corrected chi connectivity index (χ1v) is 7.65. The van der Waals surface area contributed by atoms with Crippen molar-refractivity contribution in [3.8, 4) is 0 Å². The van der Waals surface area contributed by atoms with Gasteiger partial charge in [0, 0.05) is 6.26 Å². The highest BCUT2D eigenvalue weighted by Gasteiger charge is 2.27. The quantitative estimate of drug-likeness (QED) is 0.886. The van der Waals surface area contributed by atoms with E-state index in [4.69, 9.17) is 5.11 Å². The molecule has 18 heavy (non-hydrogen) atoms. The third-order valence-electron chi connectivity index (χ3n) is 2.68. The monoisotopic (exact) mass is 270 g/mol. The minimum absolute atomic E-state index is 0.00953. The predicted octanol–water partition coefficient (Wildman–Crippen LogP) is 1.88. The first kappa shape index (κ1) is 14.7. The Kier molecular flexibility index (Phi) is 4.16. The Morgan fingerprint density at radius 1 is 1.17 bits per heavy atom. The van der Waals surface area contributed by atoms with Gasteiger partial charge in [-0.15, -0.1) is 0 Å². The molecule has 1 N–H and O–H groups in total. The Bertz CT molecular complexity index is 527. The molecule has 4 nitrogen and oxygen atoms in total. The van der Waals surface area contributed by atoms with Gasteiger partial charge in [-0.25, -0.2) is 8.42 Å². The van der Waals surface area contributed by atoms with E-state index in [2.05, 4.69) is 0 Å². The summed E-state index contributed by atoms with van der Waals surface area (Å²) in [6, 6.07) is 7.03. The molecule has 0 saturated carbocycles. The van der Waals surface area contributed by atoms with Gasteiger partial charge in [0.25, 0.3) is 0 Å². The second-order valence-electron chi connectivity index (χ2n) is 5.25. The van der Waals surface area contributed by atoms with E-state index in [0.29, 0.717) is 6.42 Å². The molecule has 0 saturated heterocycles. The van der Waals surface area contributed by atoms with Gasteiger partial charge in [0.05, 0.1) is 11.2 Å². The van der Waals surface area contributed by atoms with Crippen LogP contribution in [-0.2, 0) is 26.8 Å². The standard InChI is InChI=1S/C13H18O4S/c1-13(2,12(14)15)8-10-4-6-11(7-5-10)9-18(3,16)17/h4-7H,8-9H2,1-3H3,(H,14,15). The van der Waals surface area contributed by atoms with E-state index in [1.54, 1.807) is 38.1 Å². The summed E-state index contributed by atoms with van der Waals surface area (Å²) in [7, 11) is -3.03. The van der Waals surface area contributed by atoms with Crippen LogP contribution < -0.4 is 0 Å². The lowest BCUT2D eigenvalue weighted by molar-refractivity contribution is -0.146. The highest BCUT2D eigenvalue weighted by atomic mass is 32.2. The minimum Gasteiger partial charge on any atom is -0.481 e. The van der Waals surface area contributed by atoms with E-state index < -0.39 is 21.2 Å². The number of carboxylic acids is 1. The molecule has 0 aromatic heterocycles. The van der Waals surface area contributed by atoms with E-state index in [1.165, 1.54) is 6.26 Å². The fraction of sp³-hybridized carbons (Fsp3) is 0.462. The summed E-state index contributed by atoms with van der Waals surface area (Å²) in [5, 5.41) is 9.03. The van der Waals surface area contributed by atoms with Crippen LogP contribution in [0.1, 0.15) is 25.0 Å². The zero-order valence-corrected chi connectivity index (χ0v) is 11.6. The number of rotatable bonds is 5. The lowest BCUT2D eigenvalue weighted by Crippen LogP contribution is -2.26. The number of benzene rings is 1. The summed E-state index contributed by atoms with van der Waals surface area (Å²) in [6.07, 6.45) is 1.61. The van der Waals surface area contributed by atoms with E-state index >= 15 is 0 Å². The second-order valence-corrected chi connectivity index (χ2v) is 7.39. The number of aliphatic carboxylic acids is 1. The van der Waals surface area contributed by atoms with Crippen LogP contribution in [0.5, 0.6) is 0 Å². The van der Waals surface area contributed by atoms with Gasteiger partial charge >= 0.3 is 5.97 Å². The maximum atomic E-state index is 11.1. The minimum atomic E-state index is -3.03. The Morgan fingerprint density at radius 3 is 2.00 bits per heavy atom. The highest BCUT2D eigenvalue weighted by molar-refractivity contribution is 7.89. The third kappa shape index (κ3) is 4.49. The van der Waals surface area contributed by atoms with Crippen molar-refractivity contribution in [3.63, 3.8) is 0 Å². The molecule has 1 aromatic rings. The summed E-state index contributed by atoms with van der Waals surface area (Å²) < 4.78 is 22.3. The zero-order valence-electron chi connectivity index (χ0n) is 10.8. The van der Waals surface area contributed by atoms with Crippen molar-refractivity contribution in [3.05, 3.63) is 35.4 Å². The summed E-state index contributed by atoms with van der Waals surface area (Å²) >= 11 is 0. The van der Waals surface area contributed by atoms with E-state index in [1.807, 2.05) is 0 Å². The molecular formula is C13H18O4S. The molecule has 0 aliphatic carbocycles. The predicted molar refractivity (Wildman–Crippen MR) is 70.1 cm³/mol. The molecule has 1 rings (SSSR count). The van der Waals surface area contributed by atoms with Gasteiger partial charge in [0.1, 0.15) is 0 Å². The molecule has 0 unspecified atom stereocenters. The van der Waals surface area contributed by atoms with Crippen LogP contribution in [-0.4, -0.2) is 25.7 Å². The van der Waals surface area contributed by atoms with Crippen LogP contribution >= 0.6 is 0 Å². The lowest BCUT2D eigenvalue weighted by Gasteiger charge is -2.19. The van der Waals surface area contributed by atoms with E-state index in [0.717, 1.165) is 11.1 Å². The Hall–Kier alpha value is -1.36. The Balaban J connectivity index is 2.81. The summed E-state index contributed by atoms with van der Waals surface area (Å²) in [5.74, 6) is -0.835. The molecule has 0 atom stereocenters. The summed E-state index contributed by atoms with van der Waals surface area (Å²) in [5.41, 5.74) is 0.785. The van der Waals surface area contributed by atoms with Gasteiger partial charge in [-0.3, -0.25) is 4.79 Å². The second kappa shape index (κ2) is 5.10. The third-order valence-corrected chi connectivity index (χ3v) is 3.53. The molecule has 0 heterocycles. The molecule has 0 amide bonds. The normalized spacial score (nSPS) is 12.4. The first-order chi connectivity index (χ1) is 8.10. The van der Waals surface area contributed by atoms with E-state index in [-0.39, 0.29) is 5.75 Å². The molecule has 0 bridgehead atoms. The molecule has 0 radical (unpaired) electrons. The van der Waals surface area contributed by atoms with Crippen molar-refractivity contribution < 1.29 is 18.3 Å². The van der Waals surface area contributed by atoms with Crippen LogP contribution in [0.3, 0.4) is 0 Å². The summed E-state index contributed by atoms with van der Waals surface area (Å²) in [6.45, 7) is 3.33. The molecule has 0 spiro atoms. The van der Waals surface area contributed by atoms with Crippen molar-refractivity contribution >= 4 is 15.8 Å². The van der Waals surface area contributed by atoms with Gasteiger partial charge in [-0.05, 0) is 31.4 Å². The van der Waals surface area contributed by atoms with Crippen LogP contribution in [0.25, 0.3) is 0 Å². The molecule has 100 valence electrons. The average molecular weight is 270 g/mol. The molecule has 0 aliphatic rings. The highest BCUT2D eigenvalue weighted by Crippen LogP contribution is 2.22.